The molecule has 7 nitrogen and oxygen atoms in total. The summed E-state index contributed by atoms with van der Waals surface area (Å²) in [5, 5.41) is 19.9. The third-order valence-electron chi connectivity index (χ3n) is 2.57. The molecule has 1 aromatic heterocycles. The van der Waals surface area contributed by atoms with Gasteiger partial charge in [0, 0.05) is 12.0 Å². The molecule has 0 atom stereocenters. The molecule has 0 aliphatic rings. The number of aliphatic carboxylic acids is 1. The number of methoxy groups -OCH3 is 1. The average molecular weight is 307 g/mol. The summed E-state index contributed by atoms with van der Waals surface area (Å²) in [6, 6.07) is 7.30. The summed E-state index contributed by atoms with van der Waals surface area (Å²) in [4.78, 5) is 21.9. The molecule has 21 heavy (non-hydrogen) atoms. The van der Waals surface area contributed by atoms with Crippen molar-refractivity contribution in [1.82, 2.24) is 10.2 Å². The standard InChI is InChI=1S/C13H13N3O4S/c1-20-9-4-2-8(3-5-9)12-15-16-13(21-12)14-10(17)6-7-11(18)19/h2-5H,6-7H2,1H3,(H,18,19)(H,14,16,17). The van der Waals surface area contributed by atoms with Crippen LogP contribution in [0.5, 0.6) is 5.75 Å². The average Bonchev–Trinajstić information content (AvgIpc) is 2.93. The quantitative estimate of drug-likeness (QED) is 0.846. The van der Waals surface area contributed by atoms with Crippen molar-refractivity contribution in [2.24, 2.45) is 0 Å². The van der Waals surface area contributed by atoms with E-state index in [4.69, 9.17) is 9.84 Å². The molecule has 8 heteroatoms. The highest BCUT2D eigenvalue weighted by atomic mass is 32.1. The van der Waals surface area contributed by atoms with E-state index in [1.54, 1.807) is 7.11 Å². The Morgan fingerprint density at radius 2 is 1.95 bits per heavy atom. The van der Waals surface area contributed by atoms with Crippen LogP contribution in [-0.2, 0) is 9.59 Å². The van der Waals surface area contributed by atoms with Crippen molar-refractivity contribution in [3.8, 4) is 16.3 Å². The summed E-state index contributed by atoms with van der Waals surface area (Å²) in [7, 11) is 1.59. The van der Waals surface area contributed by atoms with Crippen LogP contribution in [0.3, 0.4) is 0 Å². The first-order chi connectivity index (χ1) is 10.1. The Hall–Kier alpha value is -2.48. The number of hydrogen-bond donors (Lipinski definition) is 2. The van der Waals surface area contributed by atoms with Gasteiger partial charge in [-0.15, -0.1) is 10.2 Å². The van der Waals surface area contributed by atoms with Gasteiger partial charge in [0.25, 0.3) is 0 Å². The van der Waals surface area contributed by atoms with Crippen LogP contribution >= 0.6 is 11.3 Å². The van der Waals surface area contributed by atoms with Crippen LogP contribution in [-0.4, -0.2) is 34.3 Å². The normalized spacial score (nSPS) is 10.1. The Kier molecular flexibility index (Phi) is 4.83. The zero-order valence-electron chi connectivity index (χ0n) is 11.2. The number of anilines is 1. The van der Waals surface area contributed by atoms with E-state index >= 15 is 0 Å². The van der Waals surface area contributed by atoms with E-state index in [1.165, 1.54) is 11.3 Å². The first-order valence-corrected chi connectivity index (χ1v) is 6.89. The molecular formula is C13H13N3O4S. The minimum absolute atomic E-state index is 0.0905. The minimum atomic E-state index is -1.01. The summed E-state index contributed by atoms with van der Waals surface area (Å²) < 4.78 is 5.07. The monoisotopic (exact) mass is 307 g/mol. The van der Waals surface area contributed by atoms with Crippen molar-refractivity contribution >= 4 is 28.3 Å². The molecule has 110 valence electrons. The zero-order chi connectivity index (χ0) is 15.2. The molecule has 1 amide bonds. The van der Waals surface area contributed by atoms with Crippen LogP contribution in [0.15, 0.2) is 24.3 Å². The fourth-order valence-corrected chi connectivity index (χ4v) is 2.29. The van der Waals surface area contributed by atoms with Crippen molar-refractivity contribution < 1.29 is 19.4 Å². The molecule has 2 rings (SSSR count). The van der Waals surface area contributed by atoms with Gasteiger partial charge in [0.05, 0.1) is 13.5 Å². The number of hydrogen-bond acceptors (Lipinski definition) is 6. The molecule has 0 bridgehead atoms. The lowest BCUT2D eigenvalue weighted by molar-refractivity contribution is -0.138. The zero-order valence-corrected chi connectivity index (χ0v) is 12.0. The number of carboxylic acids is 1. The SMILES string of the molecule is COc1ccc(-c2nnc(NC(=O)CCC(=O)O)s2)cc1. The smallest absolute Gasteiger partial charge is 0.303 e. The number of carbonyl (C=O) groups excluding carboxylic acids is 1. The van der Waals surface area contributed by atoms with E-state index in [1.807, 2.05) is 24.3 Å². The third kappa shape index (κ3) is 4.25. The first-order valence-electron chi connectivity index (χ1n) is 6.08. The number of aromatic nitrogens is 2. The number of nitrogens with one attached hydrogen (secondary N) is 1. The molecule has 2 aromatic rings. The molecule has 0 spiro atoms. The van der Waals surface area contributed by atoms with E-state index in [-0.39, 0.29) is 12.8 Å². The number of nitrogens with zero attached hydrogens (tertiary/aromatic N) is 2. The van der Waals surface area contributed by atoms with E-state index in [0.717, 1.165) is 11.3 Å². The highest BCUT2D eigenvalue weighted by Crippen LogP contribution is 2.27. The van der Waals surface area contributed by atoms with E-state index in [2.05, 4.69) is 15.5 Å². The summed E-state index contributed by atoms with van der Waals surface area (Å²) in [5.74, 6) is -0.665. The van der Waals surface area contributed by atoms with E-state index < -0.39 is 11.9 Å². The van der Waals surface area contributed by atoms with Gasteiger partial charge in [0.1, 0.15) is 10.8 Å². The predicted molar refractivity (Wildman–Crippen MR) is 77.4 cm³/mol. The lowest BCUT2D eigenvalue weighted by atomic mass is 10.2. The number of ether oxygens (including phenoxy) is 1. The molecule has 0 radical (unpaired) electrons. The van der Waals surface area contributed by atoms with Gasteiger partial charge in [-0.05, 0) is 24.3 Å². The minimum Gasteiger partial charge on any atom is -0.497 e. The van der Waals surface area contributed by atoms with Crippen LogP contribution in [0.4, 0.5) is 5.13 Å². The summed E-state index contributed by atoms with van der Waals surface area (Å²) in [6.07, 6.45) is -0.303. The maximum absolute atomic E-state index is 11.5. The molecule has 1 aromatic carbocycles. The molecule has 0 saturated carbocycles. The molecule has 0 aliphatic heterocycles. The van der Waals surface area contributed by atoms with Gasteiger partial charge < -0.3 is 15.2 Å². The maximum atomic E-state index is 11.5. The lowest BCUT2D eigenvalue weighted by Crippen LogP contribution is -2.12. The van der Waals surface area contributed by atoms with Crippen molar-refractivity contribution in [2.75, 3.05) is 12.4 Å². The number of carbonyl (C=O) groups is 2. The molecule has 0 unspecified atom stereocenters. The van der Waals surface area contributed by atoms with Crippen LogP contribution < -0.4 is 10.1 Å². The third-order valence-corrected chi connectivity index (χ3v) is 3.46. The Labute approximate surface area is 124 Å². The second-order valence-electron chi connectivity index (χ2n) is 4.08. The highest BCUT2D eigenvalue weighted by molar-refractivity contribution is 7.18. The van der Waals surface area contributed by atoms with Crippen LogP contribution in [0, 0.1) is 0 Å². The van der Waals surface area contributed by atoms with Gasteiger partial charge in [0.15, 0.2) is 0 Å². The van der Waals surface area contributed by atoms with Crippen LogP contribution in [0.1, 0.15) is 12.8 Å². The largest absolute Gasteiger partial charge is 0.497 e. The van der Waals surface area contributed by atoms with E-state index in [9.17, 15) is 9.59 Å². The molecule has 0 saturated heterocycles. The predicted octanol–water partition coefficient (Wildman–Crippen LogP) is 2.02. The number of benzene rings is 1. The summed E-state index contributed by atoms with van der Waals surface area (Å²) >= 11 is 1.22. The van der Waals surface area contributed by atoms with Crippen LogP contribution in [0.2, 0.25) is 0 Å². The van der Waals surface area contributed by atoms with Crippen LogP contribution in [0.25, 0.3) is 10.6 Å². The van der Waals surface area contributed by atoms with Crippen molar-refractivity contribution in [3.63, 3.8) is 0 Å². The van der Waals surface area contributed by atoms with Crippen molar-refractivity contribution in [1.29, 1.82) is 0 Å². The van der Waals surface area contributed by atoms with E-state index in [0.29, 0.717) is 10.1 Å². The number of amides is 1. The second kappa shape index (κ2) is 6.80. The van der Waals surface area contributed by atoms with Gasteiger partial charge in [0.2, 0.25) is 11.0 Å². The van der Waals surface area contributed by atoms with Crippen molar-refractivity contribution in [3.05, 3.63) is 24.3 Å². The summed E-state index contributed by atoms with van der Waals surface area (Å²) in [6.45, 7) is 0. The highest BCUT2D eigenvalue weighted by Gasteiger charge is 2.11. The Balaban J connectivity index is 2.00. The Bertz CT molecular complexity index is 639. The maximum Gasteiger partial charge on any atom is 0.303 e. The topological polar surface area (TPSA) is 101 Å². The number of carboxylic acid groups (broad SMARTS) is 1. The van der Waals surface area contributed by atoms with Crippen molar-refractivity contribution in [2.45, 2.75) is 12.8 Å². The second-order valence-corrected chi connectivity index (χ2v) is 5.06. The lowest BCUT2D eigenvalue weighted by Gasteiger charge is -1.99. The molecule has 0 aliphatic carbocycles. The fraction of sp³-hybridized carbons (Fsp3) is 0.231. The molecule has 2 N–H and O–H groups in total. The summed E-state index contributed by atoms with van der Waals surface area (Å²) in [5.41, 5.74) is 0.860. The molecule has 0 fully saturated rings. The van der Waals surface area contributed by atoms with Gasteiger partial charge >= 0.3 is 5.97 Å². The van der Waals surface area contributed by atoms with Gasteiger partial charge in [-0.1, -0.05) is 11.3 Å². The van der Waals surface area contributed by atoms with Gasteiger partial charge in [-0.2, -0.15) is 0 Å². The van der Waals surface area contributed by atoms with Gasteiger partial charge in [-0.3, -0.25) is 9.59 Å². The fourth-order valence-electron chi connectivity index (χ4n) is 1.53. The first kappa shape index (κ1) is 14.9. The Morgan fingerprint density at radius 1 is 1.24 bits per heavy atom. The molecule has 1 heterocycles. The number of rotatable bonds is 6. The molecular weight excluding hydrogens is 294 g/mol. The Morgan fingerprint density at radius 3 is 2.57 bits per heavy atom. The van der Waals surface area contributed by atoms with Gasteiger partial charge in [-0.25, -0.2) is 0 Å².